The van der Waals surface area contributed by atoms with Gasteiger partial charge in [0, 0.05) is 43.0 Å². The number of aromatic nitrogens is 3. The van der Waals surface area contributed by atoms with Crippen molar-refractivity contribution in [3.05, 3.63) is 59.5 Å². The number of nitrogens with one attached hydrogen (secondary N) is 1. The van der Waals surface area contributed by atoms with Gasteiger partial charge in [-0.15, -0.1) is 5.10 Å². The van der Waals surface area contributed by atoms with Gasteiger partial charge in [-0.3, -0.25) is 0 Å². The molecule has 37 heavy (non-hydrogen) atoms. The average Bonchev–Trinajstić information content (AvgIpc) is 3.65. The van der Waals surface area contributed by atoms with Crippen LogP contribution >= 0.6 is 0 Å². The number of benzene rings is 1. The van der Waals surface area contributed by atoms with Crippen LogP contribution in [0.1, 0.15) is 43.6 Å². The summed E-state index contributed by atoms with van der Waals surface area (Å²) < 4.78 is 34.8. The normalized spacial score (nSPS) is 31.2. The summed E-state index contributed by atoms with van der Waals surface area (Å²) in [5.74, 6) is 0.325. The van der Waals surface area contributed by atoms with Gasteiger partial charge < -0.3 is 14.7 Å². The molecule has 0 spiro atoms. The third-order valence-corrected chi connectivity index (χ3v) is 10.4. The summed E-state index contributed by atoms with van der Waals surface area (Å²) in [6.45, 7) is 8.40. The number of aliphatic hydroxyl groups excluding tert-OH is 1. The van der Waals surface area contributed by atoms with Crippen molar-refractivity contribution in [3.63, 3.8) is 0 Å². The predicted molar refractivity (Wildman–Crippen MR) is 141 cm³/mol. The Kier molecular flexibility index (Phi) is 5.69. The zero-order valence-corrected chi connectivity index (χ0v) is 22.5. The highest BCUT2D eigenvalue weighted by molar-refractivity contribution is 7.89. The molecular weight excluding hydrogens is 490 g/mol. The van der Waals surface area contributed by atoms with Crippen molar-refractivity contribution in [2.24, 2.45) is 11.3 Å². The number of anilines is 1. The monoisotopic (exact) mass is 525 g/mol. The first-order valence-electron chi connectivity index (χ1n) is 13.0. The van der Waals surface area contributed by atoms with Crippen LogP contribution in [0.15, 0.2) is 42.6 Å². The molecule has 5 heterocycles. The van der Waals surface area contributed by atoms with Crippen molar-refractivity contribution >= 4 is 21.4 Å². The second kappa shape index (κ2) is 8.49. The Morgan fingerprint density at radius 2 is 2.05 bits per heavy atom. The SMILES string of the molecule is CCS(=O)(=O)NCC12COC(c3nc4c(C)cc(N5CC[C@](C)(c6ccccc6)C5)cn4n3)(C1)C2CO. The van der Waals surface area contributed by atoms with Gasteiger partial charge in [-0.05, 0) is 43.9 Å². The first kappa shape index (κ1) is 24.8. The molecule has 9 nitrogen and oxygen atoms in total. The van der Waals surface area contributed by atoms with Crippen LogP contribution in [0.3, 0.4) is 0 Å². The third-order valence-electron chi connectivity index (χ3n) is 9.03. The number of hydrogen-bond acceptors (Lipinski definition) is 7. The highest BCUT2D eigenvalue weighted by atomic mass is 32.2. The minimum absolute atomic E-state index is 0.0238. The number of ether oxygens (including phenoxy) is 1. The van der Waals surface area contributed by atoms with Gasteiger partial charge in [-0.2, -0.15) is 0 Å². The van der Waals surface area contributed by atoms with Crippen molar-refractivity contribution in [2.75, 3.05) is 43.5 Å². The minimum Gasteiger partial charge on any atom is -0.396 e. The average molecular weight is 526 g/mol. The summed E-state index contributed by atoms with van der Waals surface area (Å²) in [4.78, 5) is 7.27. The molecule has 0 amide bonds. The smallest absolute Gasteiger partial charge is 0.211 e. The number of aryl methyl sites for hydroxylation is 1. The summed E-state index contributed by atoms with van der Waals surface area (Å²) in [6, 6.07) is 12.9. The fourth-order valence-corrected chi connectivity index (χ4v) is 7.39. The van der Waals surface area contributed by atoms with Crippen LogP contribution in [0.4, 0.5) is 5.69 Å². The van der Waals surface area contributed by atoms with Gasteiger partial charge in [0.05, 0.1) is 24.2 Å². The number of hydrogen-bond donors (Lipinski definition) is 2. The number of nitrogens with zero attached hydrogens (tertiary/aromatic N) is 4. The summed E-state index contributed by atoms with van der Waals surface area (Å²) in [5, 5.41) is 15.1. The van der Waals surface area contributed by atoms with Gasteiger partial charge in [0.1, 0.15) is 5.60 Å². The molecule has 2 aromatic heterocycles. The molecule has 2 N–H and O–H groups in total. The number of rotatable bonds is 8. The molecule has 1 aromatic carbocycles. The molecule has 4 aliphatic rings. The Hall–Kier alpha value is -2.53. The van der Waals surface area contributed by atoms with Crippen molar-refractivity contribution in [1.82, 2.24) is 19.3 Å². The predicted octanol–water partition coefficient (Wildman–Crippen LogP) is 2.37. The van der Waals surface area contributed by atoms with Crippen molar-refractivity contribution in [1.29, 1.82) is 0 Å². The van der Waals surface area contributed by atoms with E-state index in [9.17, 15) is 13.5 Å². The fraction of sp³-hybridized carbons (Fsp3) is 0.556. The lowest BCUT2D eigenvalue weighted by molar-refractivity contribution is -0.113. The van der Waals surface area contributed by atoms with Crippen LogP contribution in [0.2, 0.25) is 0 Å². The van der Waals surface area contributed by atoms with E-state index in [1.54, 1.807) is 6.92 Å². The molecule has 4 fully saturated rings. The summed E-state index contributed by atoms with van der Waals surface area (Å²) >= 11 is 0. The van der Waals surface area contributed by atoms with Crippen LogP contribution in [0.5, 0.6) is 0 Å². The summed E-state index contributed by atoms with van der Waals surface area (Å²) in [5.41, 5.74) is 3.14. The van der Waals surface area contributed by atoms with Crippen molar-refractivity contribution in [3.8, 4) is 0 Å². The van der Waals surface area contributed by atoms with E-state index < -0.39 is 21.0 Å². The second-order valence-electron chi connectivity index (χ2n) is 11.4. The maximum atomic E-state index is 12.0. The van der Waals surface area contributed by atoms with E-state index in [0.717, 1.165) is 36.4 Å². The molecule has 3 aromatic rings. The van der Waals surface area contributed by atoms with Crippen LogP contribution < -0.4 is 9.62 Å². The lowest BCUT2D eigenvalue weighted by Gasteiger charge is -2.50. The first-order valence-corrected chi connectivity index (χ1v) is 14.7. The van der Waals surface area contributed by atoms with E-state index >= 15 is 0 Å². The summed E-state index contributed by atoms with van der Waals surface area (Å²) in [7, 11) is -3.33. The molecule has 2 bridgehead atoms. The van der Waals surface area contributed by atoms with Crippen molar-refractivity contribution < 1.29 is 18.3 Å². The lowest BCUT2D eigenvalue weighted by Crippen LogP contribution is -2.59. The second-order valence-corrected chi connectivity index (χ2v) is 13.5. The van der Waals surface area contributed by atoms with Gasteiger partial charge in [0.25, 0.3) is 0 Å². The maximum Gasteiger partial charge on any atom is 0.211 e. The van der Waals surface area contributed by atoms with E-state index in [2.05, 4.69) is 52.9 Å². The van der Waals surface area contributed by atoms with E-state index in [1.807, 2.05) is 17.6 Å². The molecule has 7 rings (SSSR count). The molecule has 3 unspecified atom stereocenters. The van der Waals surface area contributed by atoms with Gasteiger partial charge >= 0.3 is 0 Å². The van der Waals surface area contributed by atoms with Crippen molar-refractivity contribution in [2.45, 2.75) is 44.6 Å². The standard InChI is InChI=1S/C27H35N5O4S/c1-4-37(34,35)28-16-26-15-27(36-18-26,22(26)14-33)24-29-23-19(2)12-21(13-32(23)30-24)31-11-10-25(3,17-31)20-8-6-5-7-9-20/h5-9,12-13,22,28,33H,4,10-11,14-18H2,1-3H3/t22?,25-,26?,27?/m0/s1. The summed E-state index contributed by atoms with van der Waals surface area (Å²) in [6.07, 6.45) is 3.70. The fourth-order valence-electron chi connectivity index (χ4n) is 6.68. The Labute approximate surface area is 217 Å². The highest BCUT2D eigenvalue weighted by Gasteiger charge is 2.72. The van der Waals surface area contributed by atoms with Crippen LogP contribution in [-0.4, -0.2) is 66.7 Å². The Balaban J connectivity index is 1.26. The molecule has 1 aliphatic carbocycles. The first-order chi connectivity index (χ1) is 17.6. The molecule has 3 aliphatic heterocycles. The highest BCUT2D eigenvalue weighted by Crippen LogP contribution is 2.66. The zero-order valence-electron chi connectivity index (χ0n) is 21.6. The van der Waals surface area contributed by atoms with E-state index in [-0.39, 0.29) is 30.2 Å². The molecular formula is C27H35N5O4S. The van der Waals surface area contributed by atoms with E-state index in [4.69, 9.17) is 14.8 Å². The van der Waals surface area contributed by atoms with E-state index in [1.165, 1.54) is 5.56 Å². The Bertz CT molecular complexity index is 1440. The van der Waals surface area contributed by atoms with Gasteiger partial charge in [0.15, 0.2) is 11.5 Å². The molecule has 3 saturated heterocycles. The topological polar surface area (TPSA) is 109 Å². The number of fused-ring (bicyclic) bond motifs is 2. The van der Waals surface area contributed by atoms with Gasteiger partial charge in [0.2, 0.25) is 10.0 Å². The largest absolute Gasteiger partial charge is 0.396 e. The molecule has 198 valence electrons. The van der Waals surface area contributed by atoms with E-state index in [0.29, 0.717) is 18.9 Å². The maximum absolute atomic E-state index is 12.0. The Morgan fingerprint density at radius 3 is 2.78 bits per heavy atom. The lowest BCUT2D eigenvalue weighted by atomic mass is 9.54. The third kappa shape index (κ3) is 3.79. The molecule has 0 radical (unpaired) electrons. The van der Waals surface area contributed by atoms with Crippen LogP contribution in [-0.2, 0) is 25.8 Å². The zero-order chi connectivity index (χ0) is 26.1. The molecule has 10 heteroatoms. The quantitative estimate of drug-likeness (QED) is 0.465. The van der Waals surface area contributed by atoms with Crippen LogP contribution in [0, 0.1) is 18.3 Å². The molecule has 4 atom stereocenters. The molecule has 1 saturated carbocycles. The van der Waals surface area contributed by atoms with Gasteiger partial charge in [-0.25, -0.2) is 22.6 Å². The number of pyridine rings is 1. The minimum atomic E-state index is -3.33. The number of sulfonamides is 1. The Morgan fingerprint density at radius 1 is 1.27 bits per heavy atom. The number of aliphatic hydroxyl groups is 1. The van der Waals surface area contributed by atoms with Gasteiger partial charge in [-0.1, -0.05) is 37.3 Å². The van der Waals surface area contributed by atoms with Crippen LogP contribution in [0.25, 0.3) is 5.65 Å².